The normalized spacial score (nSPS) is 18.9. The number of nitrogens with zero attached hydrogens (tertiary/aromatic N) is 1. The number of sulfonamides is 1. The van der Waals surface area contributed by atoms with Crippen LogP contribution in [0.3, 0.4) is 0 Å². The standard InChI is InChI=1S/C11H21N3O3S/c1-14(2)8-3-5-10(15)13-9-11(6-4-7-11)18(12,16)17/h3,5H,4,6-9H2,1-2H3,(H,13,15)(H2,12,16,17)/b5-3+. The van der Waals surface area contributed by atoms with Crippen LogP contribution < -0.4 is 10.5 Å². The minimum atomic E-state index is -3.60. The zero-order valence-electron chi connectivity index (χ0n) is 10.8. The number of nitrogens with two attached hydrogens (primary N) is 1. The molecule has 0 aromatic heterocycles. The molecule has 0 atom stereocenters. The number of nitrogens with one attached hydrogen (secondary N) is 1. The minimum Gasteiger partial charge on any atom is -0.351 e. The first kappa shape index (κ1) is 15.1. The van der Waals surface area contributed by atoms with Gasteiger partial charge in [0.25, 0.3) is 0 Å². The van der Waals surface area contributed by atoms with Crippen molar-refractivity contribution in [2.45, 2.75) is 24.0 Å². The summed E-state index contributed by atoms with van der Waals surface area (Å²) in [6, 6.07) is 0. The Kier molecular flexibility index (Phi) is 4.89. The predicted octanol–water partition coefficient (Wildman–Crippen LogP) is -0.568. The van der Waals surface area contributed by atoms with Crippen LogP contribution in [0.2, 0.25) is 0 Å². The number of primary sulfonamides is 1. The third-order valence-electron chi connectivity index (χ3n) is 3.19. The molecular formula is C11H21N3O3S. The zero-order chi connectivity index (χ0) is 13.8. The number of hydrogen-bond donors (Lipinski definition) is 2. The van der Waals surface area contributed by atoms with Crippen molar-refractivity contribution in [2.24, 2.45) is 5.14 Å². The van der Waals surface area contributed by atoms with E-state index in [0.29, 0.717) is 19.4 Å². The van der Waals surface area contributed by atoms with Gasteiger partial charge in [-0.3, -0.25) is 4.79 Å². The highest BCUT2D eigenvalue weighted by Crippen LogP contribution is 2.37. The second kappa shape index (κ2) is 5.81. The van der Waals surface area contributed by atoms with Gasteiger partial charge < -0.3 is 10.2 Å². The van der Waals surface area contributed by atoms with Gasteiger partial charge in [0.1, 0.15) is 4.75 Å². The number of carbonyl (C=O) groups is 1. The number of amides is 1. The van der Waals surface area contributed by atoms with Gasteiger partial charge in [0.05, 0.1) is 0 Å². The second-order valence-corrected chi connectivity index (χ2v) is 6.92. The molecule has 0 bridgehead atoms. The first-order valence-electron chi connectivity index (χ1n) is 5.88. The zero-order valence-corrected chi connectivity index (χ0v) is 11.7. The van der Waals surface area contributed by atoms with Crippen molar-refractivity contribution in [1.82, 2.24) is 10.2 Å². The van der Waals surface area contributed by atoms with Gasteiger partial charge in [-0.15, -0.1) is 0 Å². The van der Waals surface area contributed by atoms with Crippen LogP contribution in [-0.2, 0) is 14.8 Å². The summed E-state index contributed by atoms with van der Waals surface area (Å²) in [5.74, 6) is -0.285. The molecule has 0 heterocycles. The van der Waals surface area contributed by atoms with Crippen molar-refractivity contribution in [3.8, 4) is 0 Å². The van der Waals surface area contributed by atoms with Crippen LogP contribution in [0, 0.1) is 0 Å². The lowest BCUT2D eigenvalue weighted by molar-refractivity contribution is -0.116. The van der Waals surface area contributed by atoms with Crippen LogP contribution in [0.15, 0.2) is 12.2 Å². The van der Waals surface area contributed by atoms with E-state index in [1.54, 1.807) is 6.08 Å². The highest BCUT2D eigenvalue weighted by molar-refractivity contribution is 7.90. The van der Waals surface area contributed by atoms with E-state index in [1.807, 2.05) is 19.0 Å². The van der Waals surface area contributed by atoms with E-state index in [2.05, 4.69) is 5.32 Å². The predicted molar refractivity (Wildman–Crippen MR) is 70.4 cm³/mol. The highest BCUT2D eigenvalue weighted by Gasteiger charge is 2.47. The largest absolute Gasteiger partial charge is 0.351 e. The third-order valence-corrected chi connectivity index (χ3v) is 4.95. The molecule has 18 heavy (non-hydrogen) atoms. The highest BCUT2D eigenvalue weighted by atomic mass is 32.2. The second-order valence-electron chi connectivity index (χ2n) is 4.96. The van der Waals surface area contributed by atoms with Crippen molar-refractivity contribution in [3.05, 3.63) is 12.2 Å². The molecule has 1 rings (SSSR count). The van der Waals surface area contributed by atoms with E-state index in [4.69, 9.17) is 5.14 Å². The Morgan fingerprint density at radius 3 is 2.44 bits per heavy atom. The molecule has 0 aromatic carbocycles. The van der Waals surface area contributed by atoms with Crippen LogP contribution >= 0.6 is 0 Å². The SMILES string of the molecule is CN(C)C/C=C/C(=O)NCC1(S(N)(=O)=O)CCC1. The Bertz CT molecular complexity index is 425. The molecule has 1 aliphatic rings. The van der Waals surface area contributed by atoms with Crippen molar-refractivity contribution in [3.63, 3.8) is 0 Å². The molecule has 0 unspecified atom stereocenters. The summed E-state index contributed by atoms with van der Waals surface area (Å²) in [7, 11) is 0.187. The molecule has 3 N–H and O–H groups in total. The first-order valence-corrected chi connectivity index (χ1v) is 7.43. The number of rotatable bonds is 6. The Morgan fingerprint density at radius 1 is 1.44 bits per heavy atom. The number of likely N-dealkylation sites (N-methyl/N-ethyl adjacent to an activating group) is 1. The molecule has 1 aliphatic carbocycles. The molecule has 1 fully saturated rings. The number of hydrogen-bond acceptors (Lipinski definition) is 4. The number of carbonyl (C=O) groups excluding carboxylic acids is 1. The van der Waals surface area contributed by atoms with Crippen LogP contribution in [0.5, 0.6) is 0 Å². The first-order chi connectivity index (χ1) is 8.27. The maximum Gasteiger partial charge on any atom is 0.243 e. The monoisotopic (exact) mass is 275 g/mol. The van der Waals surface area contributed by atoms with Crippen molar-refractivity contribution >= 4 is 15.9 Å². The van der Waals surface area contributed by atoms with Crippen molar-refractivity contribution in [2.75, 3.05) is 27.2 Å². The molecular weight excluding hydrogens is 254 g/mol. The summed E-state index contributed by atoms with van der Waals surface area (Å²) in [4.78, 5) is 13.4. The van der Waals surface area contributed by atoms with Gasteiger partial charge in [0.2, 0.25) is 15.9 Å². The molecule has 0 aliphatic heterocycles. The van der Waals surface area contributed by atoms with Crippen LogP contribution in [0.25, 0.3) is 0 Å². The van der Waals surface area contributed by atoms with E-state index in [1.165, 1.54) is 6.08 Å². The average molecular weight is 275 g/mol. The lowest BCUT2D eigenvalue weighted by Crippen LogP contribution is -2.56. The van der Waals surface area contributed by atoms with Crippen LogP contribution in [0.1, 0.15) is 19.3 Å². The van der Waals surface area contributed by atoms with Gasteiger partial charge in [-0.05, 0) is 26.9 Å². The smallest absolute Gasteiger partial charge is 0.243 e. The minimum absolute atomic E-state index is 0.0942. The summed E-state index contributed by atoms with van der Waals surface area (Å²) < 4.78 is 22.0. The molecule has 0 aromatic rings. The Balaban J connectivity index is 2.45. The lowest BCUT2D eigenvalue weighted by atomic mass is 9.84. The van der Waals surface area contributed by atoms with Gasteiger partial charge >= 0.3 is 0 Å². The van der Waals surface area contributed by atoms with Crippen molar-refractivity contribution in [1.29, 1.82) is 0 Å². The molecule has 1 amide bonds. The Labute approximate surface area is 108 Å². The molecule has 104 valence electrons. The molecule has 1 saturated carbocycles. The van der Waals surface area contributed by atoms with E-state index < -0.39 is 14.8 Å². The summed E-state index contributed by atoms with van der Waals surface area (Å²) in [5.41, 5.74) is 0. The fourth-order valence-corrected chi connectivity index (χ4v) is 2.94. The van der Waals surface area contributed by atoms with E-state index in [-0.39, 0.29) is 12.5 Å². The molecule has 6 nitrogen and oxygen atoms in total. The fraction of sp³-hybridized carbons (Fsp3) is 0.727. The van der Waals surface area contributed by atoms with Gasteiger partial charge in [-0.1, -0.05) is 12.5 Å². The van der Waals surface area contributed by atoms with Gasteiger partial charge in [-0.2, -0.15) is 0 Å². The van der Waals surface area contributed by atoms with E-state index in [9.17, 15) is 13.2 Å². The quantitative estimate of drug-likeness (QED) is 0.635. The summed E-state index contributed by atoms with van der Waals surface area (Å²) in [6.07, 6.45) is 5.01. The molecule has 0 saturated heterocycles. The average Bonchev–Trinajstić information content (AvgIpc) is 2.12. The Morgan fingerprint density at radius 2 is 2.06 bits per heavy atom. The maximum absolute atomic E-state index is 11.5. The fourth-order valence-electron chi connectivity index (χ4n) is 1.81. The molecule has 0 spiro atoms. The van der Waals surface area contributed by atoms with Crippen LogP contribution in [0.4, 0.5) is 0 Å². The van der Waals surface area contributed by atoms with Gasteiger partial charge in [0, 0.05) is 19.2 Å². The van der Waals surface area contributed by atoms with E-state index in [0.717, 1.165) is 6.42 Å². The molecule has 7 heteroatoms. The van der Waals surface area contributed by atoms with Gasteiger partial charge in [0.15, 0.2) is 0 Å². The summed E-state index contributed by atoms with van der Waals surface area (Å²) >= 11 is 0. The molecule has 0 radical (unpaired) electrons. The maximum atomic E-state index is 11.5. The topological polar surface area (TPSA) is 92.5 Å². The van der Waals surface area contributed by atoms with Crippen molar-refractivity contribution < 1.29 is 13.2 Å². The third kappa shape index (κ3) is 3.79. The van der Waals surface area contributed by atoms with Gasteiger partial charge in [-0.25, -0.2) is 13.6 Å². The summed E-state index contributed by atoms with van der Waals surface area (Å²) in [5, 5.41) is 7.80. The summed E-state index contributed by atoms with van der Waals surface area (Å²) in [6.45, 7) is 0.755. The van der Waals surface area contributed by atoms with Crippen LogP contribution in [-0.4, -0.2) is 51.2 Å². The Hall–Kier alpha value is -0.920. The van der Waals surface area contributed by atoms with E-state index >= 15 is 0 Å². The lowest BCUT2D eigenvalue weighted by Gasteiger charge is -2.39.